The highest BCUT2D eigenvalue weighted by Crippen LogP contribution is 2.26. The summed E-state index contributed by atoms with van der Waals surface area (Å²) >= 11 is 0. The van der Waals surface area contributed by atoms with Crippen molar-refractivity contribution in [2.45, 2.75) is 50.9 Å². The van der Waals surface area contributed by atoms with Crippen molar-refractivity contribution in [1.82, 2.24) is 0 Å². The van der Waals surface area contributed by atoms with Crippen molar-refractivity contribution in [3.8, 4) is 11.5 Å². The SMILES string of the molecule is COc1cc(CC(=O)C[C@H](O)CCCC2(C)OCCO2)cc(OC)c1. The molecule has 0 aliphatic carbocycles. The number of carbonyl (C=O) groups is 1. The molecule has 6 heteroatoms. The molecule has 1 aliphatic heterocycles. The van der Waals surface area contributed by atoms with Crippen LogP contribution in [0.4, 0.5) is 0 Å². The van der Waals surface area contributed by atoms with Gasteiger partial charge in [-0.05, 0) is 37.5 Å². The molecular formula is C19H28O6. The molecule has 0 radical (unpaired) electrons. The highest BCUT2D eigenvalue weighted by atomic mass is 16.7. The predicted molar refractivity (Wildman–Crippen MR) is 93.0 cm³/mol. The molecule has 2 rings (SSSR count). The predicted octanol–water partition coefficient (Wildman–Crippen LogP) is 2.50. The van der Waals surface area contributed by atoms with Crippen LogP contribution >= 0.6 is 0 Å². The minimum Gasteiger partial charge on any atom is -0.497 e. The summed E-state index contributed by atoms with van der Waals surface area (Å²) in [6.07, 6.45) is 1.75. The van der Waals surface area contributed by atoms with Gasteiger partial charge in [-0.15, -0.1) is 0 Å². The first-order valence-electron chi connectivity index (χ1n) is 8.64. The molecule has 6 nitrogen and oxygen atoms in total. The number of hydrogen-bond donors (Lipinski definition) is 1. The molecular weight excluding hydrogens is 324 g/mol. The summed E-state index contributed by atoms with van der Waals surface area (Å²) in [6.45, 7) is 3.14. The van der Waals surface area contributed by atoms with Gasteiger partial charge in [-0.25, -0.2) is 0 Å². The van der Waals surface area contributed by atoms with E-state index in [1.807, 2.05) is 19.1 Å². The van der Waals surface area contributed by atoms with E-state index in [0.717, 1.165) is 12.0 Å². The first-order chi connectivity index (χ1) is 11.9. The van der Waals surface area contributed by atoms with Crippen LogP contribution in [0.1, 0.15) is 38.2 Å². The van der Waals surface area contributed by atoms with Crippen LogP contribution in [0.15, 0.2) is 18.2 Å². The van der Waals surface area contributed by atoms with Gasteiger partial charge in [0.05, 0.1) is 33.5 Å². The number of aliphatic hydroxyl groups is 1. The third-order valence-corrected chi connectivity index (χ3v) is 4.34. The topological polar surface area (TPSA) is 74.2 Å². The molecule has 25 heavy (non-hydrogen) atoms. The van der Waals surface area contributed by atoms with E-state index < -0.39 is 11.9 Å². The van der Waals surface area contributed by atoms with Gasteiger partial charge < -0.3 is 24.1 Å². The number of Topliss-reactive ketones (excluding diaryl/α,β-unsaturated/α-hetero) is 1. The van der Waals surface area contributed by atoms with Crippen molar-refractivity contribution in [3.05, 3.63) is 23.8 Å². The Morgan fingerprint density at radius 1 is 1.20 bits per heavy atom. The Bertz CT molecular complexity index is 543. The maximum atomic E-state index is 12.2. The molecule has 0 saturated carbocycles. The summed E-state index contributed by atoms with van der Waals surface area (Å²) in [7, 11) is 3.14. The smallest absolute Gasteiger partial charge is 0.165 e. The van der Waals surface area contributed by atoms with Gasteiger partial charge >= 0.3 is 0 Å². The summed E-state index contributed by atoms with van der Waals surface area (Å²) in [5, 5.41) is 10.1. The molecule has 1 saturated heterocycles. The zero-order valence-corrected chi connectivity index (χ0v) is 15.2. The lowest BCUT2D eigenvalue weighted by molar-refractivity contribution is -0.148. The van der Waals surface area contributed by atoms with Gasteiger partial charge in [0, 0.05) is 25.3 Å². The van der Waals surface area contributed by atoms with E-state index >= 15 is 0 Å². The minimum absolute atomic E-state index is 0.0117. The molecule has 0 bridgehead atoms. The summed E-state index contributed by atoms with van der Waals surface area (Å²) in [5.41, 5.74) is 0.814. The van der Waals surface area contributed by atoms with Crippen LogP contribution in [-0.4, -0.2) is 50.2 Å². The second-order valence-corrected chi connectivity index (χ2v) is 6.52. The number of rotatable bonds is 10. The molecule has 140 valence electrons. The van der Waals surface area contributed by atoms with Crippen LogP contribution in [0.3, 0.4) is 0 Å². The average molecular weight is 352 g/mol. The van der Waals surface area contributed by atoms with Crippen LogP contribution in [0.2, 0.25) is 0 Å². The maximum absolute atomic E-state index is 12.2. The van der Waals surface area contributed by atoms with Crippen molar-refractivity contribution in [2.75, 3.05) is 27.4 Å². The highest BCUT2D eigenvalue weighted by Gasteiger charge is 2.30. The zero-order chi connectivity index (χ0) is 18.3. The van der Waals surface area contributed by atoms with Gasteiger partial charge in [-0.1, -0.05) is 0 Å². The Balaban J connectivity index is 1.77. The normalized spacial score (nSPS) is 17.3. The molecule has 1 aromatic carbocycles. The van der Waals surface area contributed by atoms with Gasteiger partial charge in [-0.3, -0.25) is 4.79 Å². The molecule has 1 fully saturated rings. The third-order valence-electron chi connectivity index (χ3n) is 4.34. The van der Waals surface area contributed by atoms with Crippen molar-refractivity contribution in [2.24, 2.45) is 0 Å². The molecule has 0 amide bonds. The Labute approximate surface area is 149 Å². The number of ketones is 1. The van der Waals surface area contributed by atoms with Crippen molar-refractivity contribution < 1.29 is 28.8 Å². The van der Waals surface area contributed by atoms with Gasteiger partial charge in [-0.2, -0.15) is 0 Å². The number of ether oxygens (including phenoxy) is 4. The van der Waals surface area contributed by atoms with Gasteiger partial charge in [0.15, 0.2) is 5.79 Å². The second kappa shape index (κ2) is 9.17. The van der Waals surface area contributed by atoms with E-state index in [2.05, 4.69) is 0 Å². The molecule has 1 heterocycles. The molecule has 1 aromatic rings. The molecule has 0 unspecified atom stereocenters. The van der Waals surface area contributed by atoms with Crippen molar-refractivity contribution in [3.63, 3.8) is 0 Å². The molecule has 0 aromatic heterocycles. The fourth-order valence-electron chi connectivity index (χ4n) is 2.99. The standard InChI is InChI=1S/C19H28O6/c1-19(24-7-8-25-19)6-4-5-15(20)12-16(21)9-14-10-17(22-2)13-18(11-14)23-3/h10-11,13,15,20H,4-9,12H2,1-3H3/t15-/m1/s1. The number of benzene rings is 1. The Morgan fingerprint density at radius 3 is 2.36 bits per heavy atom. The Kier molecular flexibility index (Phi) is 7.23. The summed E-state index contributed by atoms with van der Waals surface area (Å²) in [6, 6.07) is 5.38. The maximum Gasteiger partial charge on any atom is 0.165 e. The Morgan fingerprint density at radius 2 is 1.80 bits per heavy atom. The van der Waals surface area contributed by atoms with Gasteiger partial charge in [0.2, 0.25) is 0 Å². The van der Waals surface area contributed by atoms with E-state index in [-0.39, 0.29) is 18.6 Å². The largest absolute Gasteiger partial charge is 0.497 e. The Hall–Kier alpha value is -1.63. The number of methoxy groups -OCH3 is 2. The van der Waals surface area contributed by atoms with Crippen LogP contribution < -0.4 is 9.47 Å². The van der Waals surface area contributed by atoms with Crippen molar-refractivity contribution in [1.29, 1.82) is 0 Å². The molecule has 1 N–H and O–H groups in total. The van der Waals surface area contributed by atoms with E-state index in [9.17, 15) is 9.90 Å². The number of hydrogen-bond acceptors (Lipinski definition) is 6. The zero-order valence-electron chi connectivity index (χ0n) is 15.2. The van der Waals surface area contributed by atoms with Crippen LogP contribution in [0.5, 0.6) is 11.5 Å². The lowest BCUT2D eigenvalue weighted by Crippen LogP contribution is -2.26. The third kappa shape index (κ3) is 6.30. The summed E-state index contributed by atoms with van der Waals surface area (Å²) in [5.74, 6) is 0.739. The van der Waals surface area contributed by atoms with E-state index in [4.69, 9.17) is 18.9 Å². The van der Waals surface area contributed by atoms with E-state index in [0.29, 0.717) is 37.6 Å². The fourth-order valence-corrected chi connectivity index (χ4v) is 2.99. The van der Waals surface area contributed by atoms with E-state index in [1.54, 1.807) is 20.3 Å². The monoisotopic (exact) mass is 352 g/mol. The minimum atomic E-state index is -0.648. The lowest BCUT2D eigenvalue weighted by atomic mass is 10.00. The molecule has 1 atom stereocenters. The quantitative estimate of drug-likeness (QED) is 0.697. The van der Waals surface area contributed by atoms with Gasteiger partial charge in [0.1, 0.15) is 17.3 Å². The summed E-state index contributed by atoms with van der Waals surface area (Å²) < 4.78 is 21.5. The second-order valence-electron chi connectivity index (χ2n) is 6.52. The summed E-state index contributed by atoms with van der Waals surface area (Å²) in [4.78, 5) is 12.2. The average Bonchev–Trinajstić information content (AvgIpc) is 3.00. The van der Waals surface area contributed by atoms with Crippen LogP contribution in [0.25, 0.3) is 0 Å². The number of carbonyl (C=O) groups excluding carboxylic acids is 1. The fraction of sp³-hybridized carbons (Fsp3) is 0.632. The highest BCUT2D eigenvalue weighted by molar-refractivity contribution is 5.81. The molecule has 0 spiro atoms. The first kappa shape index (κ1) is 19.7. The lowest BCUT2D eigenvalue weighted by Gasteiger charge is -2.22. The van der Waals surface area contributed by atoms with E-state index in [1.165, 1.54) is 0 Å². The van der Waals surface area contributed by atoms with Crippen molar-refractivity contribution >= 4 is 5.78 Å². The van der Waals surface area contributed by atoms with Gasteiger partial charge in [0.25, 0.3) is 0 Å². The van der Waals surface area contributed by atoms with Crippen LogP contribution in [0, 0.1) is 0 Å². The first-order valence-corrected chi connectivity index (χ1v) is 8.64. The molecule has 1 aliphatic rings. The van der Waals surface area contributed by atoms with Crippen LogP contribution in [-0.2, 0) is 20.7 Å². The number of aliphatic hydroxyl groups excluding tert-OH is 1.